The van der Waals surface area contributed by atoms with Crippen LogP contribution in [0, 0.1) is 17.2 Å². The van der Waals surface area contributed by atoms with Crippen molar-refractivity contribution in [3.63, 3.8) is 0 Å². The van der Waals surface area contributed by atoms with E-state index in [1.165, 1.54) is 0 Å². The summed E-state index contributed by atoms with van der Waals surface area (Å²) in [4.78, 5) is 28.3. The number of pyridine rings is 1. The second-order valence-corrected chi connectivity index (χ2v) is 6.19. The Bertz CT molecular complexity index is 1040. The SMILES string of the molecule is Cn1c(=O)n(C)c2cc(CC(C#N)C(=O)NCc3cccnc3)ccc21. The third-order valence-electron chi connectivity index (χ3n) is 4.44. The Labute approximate surface area is 150 Å². The molecule has 132 valence electrons. The van der Waals surface area contributed by atoms with E-state index in [2.05, 4.69) is 16.4 Å². The highest BCUT2D eigenvalue weighted by Crippen LogP contribution is 2.17. The van der Waals surface area contributed by atoms with Crippen molar-refractivity contribution in [2.75, 3.05) is 0 Å². The maximum atomic E-state index is 12.3. The minimum atomic E-state index is -0.801. The first-order chi connectivity index (χ1) is 12.5. The Morgan fingerprint density at radius 2 is 2.00 bits per heavy atom. The Hall–Kier alpha value is -3.40. The van der Waals surface area contributed by atoms with Crippen LogP contribution < -0.4 is 11.0 Å². The monoisotopic (exact) mass is 349 g/mol. The van der Waals surface area contributed by atoms with Gasteiger partial charge < -0.3 is 5.32 Å². The maximum Gasteiger partial charge on any atom is 0.328 e. The number of aryl methyl sites for hydroxylation is 2. The second-order valence-electron chi connectivity index (χ2n) is 6.19. The zero-order valence-corrected chi connectivity index (χ0v) is 14.6. The van der Waals surface area contributed by atoms with Crippen molar-refractivity contribution < 1.29 is 4.79 Å². The lowest BCUT2D eigenvalue weighted by Gasteiger charge is -2.11. The number of fused-ring (bicyclic) bond motifs is 1. The first-order valence-corrected chi connectivity index (χ1v) is 8.22. The quantitative estimate of drug-likeness (QED) is 0.751. The predicted molar refractivity (Wildman–Crippen MR) is 97.1 cm³/mol. The molecule has 7 heteroatoms. The topological polar surface area (TPSA) is 92.7 Å². The zero-order chi connectivity index (χ0) is 18.7. The molecule has 2 heterocycles. The largest absolute Gasteiger partial charge is 0.351 e. The summed E-state index contributed by atoms with van der Waals surface area (Å²) < 4.78 is 3.13. The predicted octanol–water partition coefficient (Wildman–Crippen LogP) is 1.27. The van der Waals surface area contributed by atoms with Crippen molar-refractivity contribution >= 4 is 16.9 Å². The van der Waals surface area contributed by atoms with E-state index in [4.69, 9.17) is 0 Å². The molecule has 0 fully saturated rings. The maximum absolute atomic E-state index is 12.3. The third kappa shape index (κ3) is 3.35. The van der Waals surface area contributed by atoms with E-state index in [1.807, 2.05) is 24.3 Å². The van der Waals surface area contributed by atoms with Crippen molar-refractivity contribution in [2.24, 2.45) is 20.0 Å². The minimum Gasteiger partial charge on any atom is -0.351 e. The molecule has 2 aromatic heterocycles. The van der Waals surface area contributed by atoms with E-state index < -0.39 is 5.92 Å². The molecule has 3 aromatic rings. The van der Waals surface area contributed by atoms with Gasteiger partial charge in [0.25, 0.3) is 0 Å². The molecular weight excluding hydrogens is 330 g/mol. The number of rotatable bonds is 5. The number of benzene rings is 1. The highest BCUT2D eigenvalue weighted by molar-refractivity contribution is 5.82. The van der Waals surface area contributed by atoms with E-state index in [1.54, 1.807) is 41.7 Å². The molecule has 26 heavy (non-hydrogen) atoms. The number of imidazole rings is 1. The van der Waals surface area contributed by atoms with Crippen LogP contribution in [-0.4, -0.2) is 20.0 Å². The van der Waals surface area contributed by atoms with Crippen molar-refractivity contribution in [3.8, 4) is 6.07 Å². The molecule has 1 aromatic carbocycles. The first-order valence-electron chi connectivity index (χ1n) is 8.22. The average Bonchev–Trinajstić information content (AvgIpc) is 2.89. The van der Waals surface area contributed by atoms with Crippen LogP contribution >= 0.6 is 0 Å². The van der Waals surface area contributed by atoms with E-state index in [0.717, 1.165) is 22.2 Å². The summed E-state index contributed by atoms with van der Waals surface area (Å²) in [6.45, 7) is 0.330. The normalized spacial score (nSPS) is 11.9. The number of nitrogens with zero attached hydrogens (tertiary/aromatic N) is 4. The molecule has 7 nitrogen and oxygen atoms in total. The van der Waals surface area contributed by atoms with Crippen molar-refractivity contribution in [3.05, 3.63) is 64.3 Å². The molecular formula is C19H19N5O2. The standard InChI is InChI=1S/C19H19N5O2/c1-23-16-6-5-13(9-17(16)24(2)19(23)26)8-15(10-20)18(25)22-12-14-4-3-7-21-11-14/h3-7,9,11,15H,8,12H2,1-2H3,(H,22,25). The van der Waals surface area contributed by atoms with E-state index in [9.17, 15) is 14.9 Å². The first kappa shape index (κ1) is 17.4. The van der Waals surface area contributed by atoms with Crippen LogP contribution in [0.25, 0.3) is 11.0 Å². The lowest BCUT2D eigenvalue weighted by Crippen LogP contribution is -2.30. The Kier molecular flexibility index (Phi) is 4.85. The van der Waals surface area contributed by atoms with Crippen LogP contribution in [0.3, 0.4) is 0 Å². The molecule has 1 unspecified atom stereocenters. The molecule has 1 atom stereocenters. The second kappa shape index (κ2) is 7.23. The van der Waals surface area contributed by atoms with E-state index in [0.29, 0.717) is 6.54 Å². The third-order valence-corrected chi connectivity index (χ3v) is 4.44. The van der Waals surface area contributed by atoms with Crippen LogP contribution in [0.15, 0.2) is 47.5 Å². The number of carbonyl (C=O) groups is 1. The van der Waals surface area contributed by atoms with Gasteiger partial charge in [-0.25, -0.2) is 4.79 Å². The molecule has 1 amide bonds. The van der Waals surface area contributed by atoms with Gasteiger partial charge in [0.1, 0.15) is 5.92 Å². The Morgan fingerprint density at radius 3 is 2.69 bits per heavy atom. The Balaban J connectivity index is 1.74. The number of nitrogens with one attached hydrogen (secondary N) is 1. The summed E-state index contributed by atoms with van der Waals surface area (Å²) in [5, 5.41) is 12.2. The van der Waals surface area contributed by atoms with Crippen molar-refractivity contribution in [1.82, 2.24) is 19.4 Å². The molecule has 0 bridgehead atoms. The molecule has 3 rings (SSSR count). The summed E-state index contributed by atoms with van der Waals surface area (Å²) in [5.74, 6) is -1.12. The fourth-order valence-electron chi connectivity index (χ4n) is 2.93. The van der Waals surface area contributed by atoms with Gasteiger partial charge in [0.05, 0.1) is 17.1 Å². The van der Waals surface area contributed by atoms with Gasteiger partial charge in [-0.3, -0.25) is 18.9 Å². The van der Waals surface area contributed by atoms with Gasteiger partial charge >= 0.3 is 5.69 Å². The van der Waals surface area contributed by atoms with Crippen molar-refractivity contribution in [1.29, 1.82) is 5.26 Å². The summed E-state index contributed by atoms with van der Waals surface area (Å²) in [6, 6.07) is 11.3. The summed E-state index contributed by atoms with van der Waals surface area (Å²) in [7, 11) is 3.42. The molecule has 0 aliphatic heterocycles. The van der Waals surface area contributed by atoms with E-state index >= 15 is 0 Å². The summed E-state index contributed by atoms with van der Waals surface area (Å²) in [5.41, 5.74) is 3.20. The van der Waals surface area contributed by atoms with Crippen LogP contribution in [-0.2, 0) is 31.9 Å². The lowest BCUT2D eigenvalue weighted by molar-refractivity contribution is -0.123. The van der Waals surface area contributed by atoms with Gasteiger partial charge in [0.2, 0.25) is 5.91 Å². The van der Waals surface area contributed by atoms with Gasteiger partial charge in [0, 0.05) is 33.0 Å². The van der Waals surface area contributed by atoms with Crippen LogP contribution in [0.2, 0.25) is 0 Å². The number of hydrogen-bond donors (Lipinski definition) is 1. The average molecular weight is 349 g/mol. The zero-order valence-electron chi connectivity index (χ0n) is 14.6. The van der Waals surface area contributed by atoms with Gasteiger partial charge in [-0.15, -0.1) is 0 Å². The highest BCUT2D eigenvalue weighted by Gasteiger charge is 2.19. The van der Waals surface area contributed by atoms with Crippen molar-refractivity contribution in [2.45, 2.75) is 13.0 Å². The highest BCUT2D eigenvalue weighted by atomic mass is 16.2. The smallest absolute Gasteiger partial charge is 0.328 e. The van der Waals surface area contributed by atoms with Gasteiger partial charge in [-0.1, -0.05) is 12.1 Å². The number of amides is 1. The summed E-state index contributed by atoms with van der Waals surface area (Å²) in [6.07, 6.45) is 3.62. The summed E-state index contributed by atoms with van der Waals surface area (Å²) >= 11 is 0. The van der Waals surface area contributed by atoms with Crippen LogP contribution in [0.1, 0.15) is 11.1 Å². The molecule has 0 aliphatic carbocycles. The number of hydrogen-bond acceptors (Lipinski definition) is 4. The number of carbonyl (C=O) groups excluding carboxylic acids is 1. The van der Waals surface area contributed by atoms with E-state index in [-0.39, 0.29) is 18.0 Å². The van der Waals surface area contributed by atoms with Gasteiger partial charge in [-0.05, 0) is 35.7 Å². The molecule has 0 radical (unpaired) electrons. The Morgan fingerprint density at radius 1 is 1.23 bits per heavy atom. The fourth-order valence-corrected chi connectivity index (χ4v) is 2.93. The molecule has 0 saturated heterocycles. The lowest BCUT2D eigenvalue weighted by atomic mass is 9.99. The number of aromatic nitrogens is 3. The number of nitriles is 1. The minimum absolute atomic E-state index is 0.108. The molecule has 0 aliphatic rings. The van der Waals surface area contributed by atoms with Gasteiger partial charge in [-0.2, -0.15) is 5.26 Å². The molecule has 0 spiro atoms. The van der Waals surface area contributed by atoms with Crippen LogP contribution in [0.4, 0.5) is 0 Å². The fraction of sp³-hybridized carbons (Fsp3) is 0.263. The van der Waals surface area contributed by atoms with Gasteiger partial charge in [0.15, 0.2) is 0 Å². The molecule has 1 N–H and O–H groups in total. The van der Waals surface area contributed by atoms with Crippen LogP contribution in [0.5, 0.6) is 0 Å². The molecule has 0 saturated carbocycles.